The number of nitrogens with two attached hydrogens (primary N) is 1. The maximum absolute atomic E-state index is 12.2. The molecule has 1 aromatic carbocycles. The molecule has 0 spiro atoms. The lowest BCUT2D eigenvalue weighted by Gasteiger charge is -2.23. The molecule has 4 nitrogen and oxygen atoms in total. The molecule has 1 unspecified atom stereocenters. The van der Waals surface area contributed by atoms with Gasteiger partial charge in [-0.1, -0.05) is 29.3 Å². The van der Waals surface area contributed by atoms with Crippen molar-refractivity contribution in [2.45, 2.75) is 17.9 Å². The molecule has 7 heteroatoms. The molecule has 0 aromatic heterocycles. The first-order valence-corrected chi connectivity index (χ1v) is 7.14. The van der Waals surface area contributed by atoms with Crippen LogP contribution in [0.15, 0.2) is 23.1 Å². The summed E-state index contributed by atoms with van der Waals surface area (Å²) in [5.74, 6) is 0. The molecular weight excluding hydrogens is 283 g/mol. The van der Waals surface area contributed by atoms with E-state index in [4.69, 9.17) is 28.9 Å². The first-order valence-electron chi connectivity index (χ1n) is 4.94. The third kappa shape index (κ3) is 2.92. The van der Waals surface area contributed by atoms with Crippen LogP contribution in [0.2, 0.25) is 10.0 Å². The number of benzene rings is 1. The Kier molecular flexibility index (Phi) is 4.80. The predicted molar refractivity (Wildman–Crippen MR) is 69.9 cm³/mol. The van der Waals surface area contributed by atoms with Crippen molar-refractivity contribution in [3.63, 3.8) is 0 Å². The van der Waals surface area contributed by atoms with Gasteiger partial charge in [-0.05, 0) is 19.1 Å². The van der Waals surface area contributed by atoms with Crippen LogP contribution in [0.5, 0.6) is 0 Å². The second kappa shape index (κ2) is 5.54. The third-order valence-electron chi connectivity index (χ3n) is 2.54. The SMILES string of the molecule is CC(CN)N(C)S(=O)(=O)c1cccc(Cl)c1Cl. The molecule has 96 valence electrons. The summed E-state index contributed by atoms with van der Waals surface area (Å²) in [6, 6.07) is 4.19. The molecule has 0 radical (unpaired) electrons. The molecule has 17 heavy (non-hydrogen) atoms. The van der Waals surface area contributed by atoms with Gasteiger partial charge in [0.2, 0.25) is 10.0 Å². The smallest absolute Gasteiger partial charge is 0.244 e. The molecule has 1 aromatic rings. The monoisotopic (exact) mass is 296 g/mol. The summed E-state index contributed by atoms with van der Waals surface area (Å²) in [5.41, 5.74) is 5.45. The van der Waals surface area contributed by atoms with Gasteiger partial charge >= 0.3 is 0 Å². The molecule has 0 saturated heterocycles. The number of rotatable bonds is 4. The van der Waals surface area contributed by atoms with E-state index in [1.54, 1.807) is 13.0 Å². The van der Waals surface area contributed by atoms with E-state index in [1.807, 2.05) is 0 Å². The van der Waals surface area contributed by atoms with E-state index in [-0.39, 0.29) is 27.5 Å². The molecule has 0 aliphatic rings. The average molecular weight is 297 g/mol. The summed E-state index contributed by atoms with van der Waals surface area (Å²) in [5, 5.41) is 0.242. The van der Waals surface area contributed by atoms with Gasteiger partial charge in [-0.25, -0.2) is 8.42 Å². The predicted octanol–water partition coefficient (Wildman–Crippen LogP) is 1.96. The molecule has 0 fully saturated rings. The standard InChI is InChI=1S/C10H14Cl2N2O2S/c1-7(6-13)14(2)17(15,16)9-5-3-4-8(11)10(9)12/h3-5,7H,6,13H2,1-2H3. The Balaban J connectivity index is 3.27. The van der Waals surface area contributed by atoms with Gasteiger partial charge in [0.25, 0.3) is 0 Å². The largest absolute Gasteiger partial charge is 0.329 e. The summed E-state index contributed by atoms with van der Waals surface area (Å²) in [6.07, 6.45) is 0. The molecule has 0 bridgehead atoms. The molecular formula is C10H14Cl2N2O2S. The van der Waals surface area contributed by atoms with Crippen LogP contribution in [0.4, 0.5) is 0 Å². The lowest BCUT2D eigenvalue weighted by molar-refractivity contribution is 0.394. The molecule has 0 aliphatic heterocycles. The Bertz CT molecular complexity index is 505. The first-order chi connectivity index (χ1) is 7.82. The van der Waals surface area contributed by atoms with E-state index < -0.39 is 10.0 Å². The molecule has 0 amide bonds. The second-order valence-electron chi connectivity index (χ2n) is 3.66. The van der Waals surface area contributed by atoms with Crippen LogP contribution in [0.1, 0.15) is 6.92 Å². The van der Waals surface area contributed by atoms with E-state index >= 15 is 0 Å². The number of halogens is 2. The molecule has 1 rings (SSSR count). The molecule has 2 N–H and O–H groups in total. The lowest BCUT2D eigenvalue weighted by atomic mass is 10.4. The minimum atomic E-state index is -3.67. The van der Waals surface area contributed by atoms with E-state index in [9.17, 15) is 8.42 Å². The van der Waals surface area contributed by atoms with Gasteiger partial charge in [0.15, 0.2) is 0 Å². The summed E-state index contributed by atoms with van der Waals surface area (Å²) in [6.45, 7) is 1.95. The number of likely N-dealkylation sites (N-methyl/N-ethyl adjacent to an activating group) is 1. The van der Waals surface area contributed by atoms with Gasteiger partial charge in [-0.3, -0.25) is 0 Å². The van der Waals surface area contributed by atoms with Gasteiger partial charge < -0.3 is 5.73 Å². The Labute approximate surface area is 111 Å². The van der Waals surface area contributed by atoms with Crippen molar-refractivity contribution in [1.82, 2.24) is 4.31 Å². The summed E-state index contributed by atoms with van der Waals surface area (Å²) in [4.78, 5) is -0.00512. The Hall–Kier alpha value is -0.330. The fourth-order valence-electron chi connectivity index (χ4n) is 1.22. The highest BCUT2D eigenvalue weighted by Crippen LogP contribution is 2.30. The Morgan fingerprint density at radius 1 is 1.41 bits per heavy atom. The lowest BCUT2D eigenvalue weighted by Crippen LogP contribution is -2.39. The van der Waals surface area contributed by atoms with Crippen molar-refractivity contribution in [3.05, 3.63) is 28.2 Å². The van der Waals surface area contributed by atoms with Crippen LogP contribution in [-0.2, 0) is 10.0 Å². The van der Waals surface area contributed by atoms with Crippen molar-refractivity contribution in [3.8, 4) is 0 Å². The third-order valence-corrected chi connectivity index (χ3v) is 5.48. The minimum absolute atomic E-state index is 0.00512. The summed E-state index contributed by atoms with van der Waals surface area (Å²) >= 11 is 11.7. The molecule has 1 atom stereocenters. The zero-order valence-corrected chi connectivity index (χ0v) is 11.9. The highest BCUT2D eigenvalue weighted by Gasteiger charge is 2.27. The average Bonchev–Trinajstić information content (AvgIpc) is 2.30. The number of hydrogen-bond acceptors (Lipinski definition) is 3. The Morgan fingerprint density at radius 2 is 2.00 bits per heavy atom. The number of sulfonamides is 1. The van der Waals surface area contributed by atoms with Crippen LogP contribution in [0.25, 0.3) is 0 Å². The molecule has 0 aliphatic carbocycles. The van der Waals surface area contributed by atoms with Crippen LogP contribution >= 0.6 is 23.2 Å². The van der Waals surface area contributed by atoms with Gasteiger partial charge in [0, 0.05) is 19.6 Å². The fourth-order valence-corrected chi connectivity index (χ4v) is 3.33. The van der Waals surface area contributed by atoms with Crippen molar-refractivity contribution in [2.24, 2.45) is 5.73 Å². The van der Waals surface area contributed by atoms with Gasteiger partial charge in [-0.15, -0.1) is 0 Å². The van der Waals surface area contributed by atoms with E-state index in [1.165, 1.54) is 23.5 Å². The van der Waals surface area contributed by atoms with Gasteiger partial charge in [-0.2, -0.15) is 4.31 Å². The normalized spacial score (nSPS) is 14.0. The number of hydrogen-bond donors (Lipinski definition) is 1. The topological polar surface area (TPSA) is 63.4 Å². The Morgan fingerprint density at radius 3 is 2.53 bits per heavy atom. The maximum Gasteiger partial charge on any atom is 0.244 e. The zero-order valence-electron chi connectivity index (χ0n) is 9.52. The van der Waals surface area contributed by atoms with Crippen LogP contribution in [-0.4, -0.2) is 32.4 Å². The quantitative estimate of drug-likeness (QED) is 0.924. The van der Waals surface area contributed by atoms with Crippen molar-refractivity contribution >= 4 is 33.2 Å². The van der Waals surface area contributed by atoms with Crippen LogP contribution in [0.3, 0.4) is 0 Å². The van der Waals surface area contributed by atoms with Crippen molar-refractivity contribution in [2.75, 3.05) is 13.6 Å². The fraction of sp³-hybridized carbons (Fsp3) is 0.400. The second-order valence-corrected chi connectivity index (χ2v) is 6.41. The van der Waals surface area contributed by atoms with Gasteiger partial charge in [0.05, 0.1) is 10.0 Å². The summed E-state index contributed by atoms with van der Waals surface area (Å²) < 4.78 is 25.7. The van der Waals surface area contributed by atoms with E-state index in [2.05, 4.69) is 0 Å². The van der Waals surface area contributed by atoms with Crippen LogP contribution < -0.4 is 5.73 Å². The van der Waals surface area contributed by atoms with E-state index in [0.717, 1.165) is 0 Å². The number of nitrogens with zero attached hydrogens (tertiary/aromatic N) is 1. The highest BCUT2D eigenvalue weighted by molar-refractivity contribution is 7.89. The minimum Gasteiger partial charge on any atom is -0.329 e. The molecule has 0 saturated carbocycles. The first kappa shape index (κ1) is 14.7. The van der Waals surface area contributed by atoms with Gasteiger partial charge in [0.1, 0.15) is 4.90 Å². The maximum atomic E-state index is 12.2. The van der Waals surface area contributed by atoms with E-state index in [0.29, 0.717) is 0 Å². The highest BCUT2D eigenvalue weighted by atomic mass is 35.5. The summed E-state index contributed by atoms with van der Waals surface area (Å²) in [7, 11) is -2.20. The van der Waals surface area contributed by atoms with Crippen molar-refractivity contribution < 1.29 is 8.42 Å². The zero-order chi connectivity index (χ0) is 13.2. The molecule has 0 heterocycles. The van der Waals surface area contributed by atoms with Crippen molar-refractivity contribution in [1.29, 1.82) is 0 Å². The van der Waals surface area contributed by atoms with Crippen LogP contribution in [0, 0.1) is 0 Å².